The maximum Gasteiger partial charge on any atom is 0.270 e. The van der Waals surface area contributed by atoms with Crippen LogP contribution < -0.4 is 4.74 Å². The van der Waals surface area contributed by atoms with Gasteiger partial charge >= 0.3 is 0 Å². The van der Waals surface area contributed by atoms with Crippen LogP contribution in [0.15, 0.2) is 48.5 Å². The third-order valence-electron chi connectivity index (χ3n) is 2.98. The molecule has 6 heteroatoms. The second-order valence-electron chi connectivity index (χ2n) is 4.40. The van der Waals surface area contributed by atoms with E-state index in [1.807, 2.05) is 0 Å². The lowest BCUT2D eigenvalue weighted by Gasteiger charge is -2.07. The molecule has 22 heavy (non-hydrogen) atoms. The summed E-state index contributed by atoms with van der Waals surface area (Å²) in [6, 6.07) is 10.4. The number of aromatic hydroxyl groups is 1. The number of phenolic OH excluding ortho intramolecular Hbond substituents is 1. The highest BCUT2D eigenvalue weighted by Crippen LogP contribution is 2.28. The largest absolute Gasteiger partial charge is 0.507 e. The number of rotatable bonds is 5. The Hall–Kier alpha value is -3.15. The molecule has 0 atom stereocenters. The van der Waals surface area contributed by atoms with Gasteiger partial charge in [-0.15, -0.1) is 0 Å². The number of methoxy groups -OCH3 is 1. The molecular formula is C16H13NO5. The first-order chi connectivity index (χ1) is 10.5. The van der Waals surface area contributed by atoms with Gasteiger partial charge in [-0.05, 0) is 23.8 Å². The Kier molecular flexibility index (Phi) is 4.53. The van der Waals surface area contributed by atoms with Crippen LogP contribution in [-0.2, 0) is 0 Å². The van der Waals surface area contributed by atoms with Crippen molar-refractivity contribution in [2.75, 3.05) is 7.11 Å². The van der Waals surface area contributed by atoms with Crippen molar-refractivity contribution in [1.29, 1.82) is 0 Å². The van der Waals surface area contributed by atoms with Crippen LogP contribution in [0, 0.1) is 10.1 Å². The molecule has 2 rings (SSSR count). The summed E-state index contributed by atoms with van der Waals surface area (Å²) >= 11 is 0. The van der Waals surface area contributed by atoms with Crippen molar-refractivity contribution >= 4 is 17.5 Å². The summed E-state index contributed by atoms with van der Waals surface area (Å²) in [7, 11) is 1.40. The number of nitro benzene ring substituents is 1. The highest BCUT2D eigenvalue weighted by atomic mass is 16.6. The fourth-order valence-electron chi connectivity index (χ4n) is 1.93. The fraction of sp³-hybridized carbons (Fsp3) is 0.0625. The van der Waals surface area contributed by atoms with Gasteiger partial charge in [-0.25, -0.2) is 0 Å². The Morgan fingerprint density at radius 1 is 1.27 bits per heavy atom. The SMILES string of the molecule is COc1cccc(O)c1C(=O)C=Cc1cccc([N+](=O)[O-])c1. The summed E-state index contributed by atoms with van der Waals surface area (Å²) in [6.45, 7) is 0. The first-order valence-electron chi connectivity index (χ1n) is 6.35. The topological polar surface area (TPSA) is 89.7 Å². The van der Waals surface area contributed by atoms with Gasteiger partial charge in [0.05, 0.1) is 12.0 Å². The average molecular weight is 299 g/mol. The normalized spacial score (nSPS) is 10.6. The molecule has 0 unspecified atom stereocenters. The molecule has 0 aliphatic rings. The Balaban J connectivity index is 2.29. The smallest absolute Gasteiger partial charge is 0.270 e. The van der Waals surface area contributed by atoms with E-state index in [1.165, 1.54) is 43.5 Å². The number of carbonyl (C=O) groups excluding carboxylic acids is 1. The van der Waals surface area contributed by atoms with E-state index in [4.69, 9.17) is 4.74 Å². The van der Waals surface area contributed by atoms with E-state index in [9.17, 15) is 20.0 Å². The van der Waals surface area contributed by atoms with E-state index in [2.05, 4.69) is 0 Å². The number of hydrogen-bond acceptors (Lipinski definition) is 5. The molecule has 2 aromatic rings. The van der Waals surface area contributed by atoms with Crippen LogP contribution >= 0.6 is 0 Å². The summed E-state index contributed by atoms with van der Waals surface area (Å²) in [4.78, 5) is 22.4. The number of nitro groups is 1. The monoisotopic (exact) mass is 299 g/mol. The van der Waals surface area contributed by atoms with Gasteiger partial charge in [0, 0.05) is 12.1 Å². The average Bonchev–Trinajstić information content (AvgIpc) is 2.52. The van der Waals surface area contributed by atoms with E-state index < -0.39 is 10.7 Å². The summed E-state index contributed by atoms with van der Waals surface area (Å²) in [6.07, 6.45) is 2.68. The van der Waals surface area contributed by atoms with E-state index >= 15 is 0 Å². The second kappa shape index (κ2) is 6.53. The molecule has 0 aliphatic heterocycles. The number of phenols is 1. The molecule has 1 N–H and O–H groups in total. The van der Waals surface area contributed by atoms with Gasteiger partial charge in [-0.1, -0.05) is 24.3 Å². The van der Waals surface area contributed by atoms with Crippen LogP contribution in [0.3, 0.4) is 0 Å². The van der Waals surface area contributed by atoms with Gasteiger partial charge in [-0.3, -0.25) is 14.9 Å². The Bertz CT molecular complexity index is 752. The summed E-state index contributed by atoms with van der Waals surface area (Å²) in [5, 5.41) is 20.5. The zero-order valence-electron chi connectivity index (χ0n) is 11.7. The maximum absolute atomic E-state index is 12.2. The zero-order chi connectivity index (χ0) is 16.1. The van der Waals surface area contributed by atoms with Crippen molar-refractivity contribution in [2.24, 2.45) is 0 Å². The number of allylic oxidation sites excluding steroid dienone is 1. The van der Waals surface area contributed by atoms with E-state index in [0.29, 0.717) is 5.56 Å². The highest BCUT2D eigenvalue weighted by Gasteiger charge is 2.14. The Labute approximate surface area is 126 Å². The van der Waals surface area contributed by atoms with Crippen molar-refractivity contribution in [3.05, 3.63) is 69.8 Å². The standard InChI is InChI=1S/C16H13NO5/c1-22-15-7-3-6-13(18)16(15)14(19)9-8-11-4-2-5-12(10-11)17(20)21/h2-10,18H,1H3. The summed E-state index contributed by atoms with van der Waals surface area (Å²) < 4.78 is 5.05. The number of carbonyl (C=O) groups is 1. The minimum absolute atomic E-state index is 0.0479. The quantitative estimate of drug-likeness (QED) is 0.396. The molecular weight excluding hydrogens is 286 g/mol. The third-order valence-corrected chi connectivity index (χ3v) is 2.98. The number of benzene rings is 2. The number of ether oxygens (including phenoxy) is 1. The van der Waals surface area contributed by atoms with Gasteiger partial charge in [0.15, 0.2) is 5.78 Å². The number of nitrogens with zero attached hydrogens (tertiary/aromatic N) is 1. The summed E-state index contributed by atoms with van der Waals surface area (Å²) in [5.74, 6) is -0.386. The molecule has 0 radical (unpaired) electrons. The van der Waals surface area contributed by atoms with E-state index in [-0.39, 0.29) is 22.7 Å². The molecule has 0 spiro atoms. The van der Waals surface area contributed by atoms with Crippen LogP contribution in [0.4, 0.5) is 5.69 Å². The molecule has 0 saturated carbocycles. The molecule has 6 nitrogen and oxygen atoms in total. The lowest BCUT2D eigenvalue weighted by molar-refractivity contribution is -0.384. The van der Waals surface area contributed by atoms with Gasteiger partial charge < -0.3 is 9.84 Å². The summed E-state index contributed by atoms with van der Waals surface area (Å²) in [5.41, 5.74) is 0.498. The van der Waals surface area contributed by atoms with Crippen molar-refractivity contribution in [3.8, 4) is 11.5 Å². The molecule has 0 saturated heterocycles. The molecule has 0 fully saturated rings. The van der Waals surface area contributed by atoms with Crippen molar-refractivity contribution in [3.63, 3.8) is 0 Å². The highest BCUT2D eigenvalue weighted by molar-refractivity contribution is 6.10. The van der Waals surface area contributed by atoms with Gasteiger partial charge in [0.25, 0.3) is 5.69 Å². The predicted octanol–water partition coefficient (Wildman–Crippen LogP) is 3.21. The molecule has 0 aliphatic carbocycles. The Morgan fingerprint density at radius 3 is 2.68 bits per heavy atom. The molecule has 0 heterocycles. The molecule has 0 aromatic heterocycles. The first-order valence-corrected chi connectivity index (χ1v) is 6.35. The Morgan fingerprint density at radius 2 is 2.00 bits per heavy atom. The zero-order valence-corrected chi connectivity index (χ0v) is 11.7. The number of hydrogen-bond donors (Lipinski definition) is 1. The van der Waals surface area contributed by atoms with Gasteiger partial charge in [0.2, 0.25) is 0 Å². The van der Waals surface area contributed by atoms with Crippen LogP contribution in [0.1, 0.15) is 15.9 Å². The molecule has 2 aromatic carbocycles. The third kappa shape index (κ3) is 3.29. The number of ketones is 1. The van der Waals surface area contributed by atoms with Crippen LogP contribution in [0.2, 0.25) is 0 Å². The van der Waals surface area contributed by atoms with E-state index in [1.54, 1.807) is 18.2 Å². The maximum atomic E-state index is 12.2. The van der Waals surface area contributed by atoms with Crippen LogP contribution in [0.25, 0.3) is 6.08 Å². The van der Waals surface area contributed by atoms with Crippen LogP contribution in [0.5, 0.6) is 11.5 Å². The fourth-order valence-corrected chi connectivity index (χ4v) is 1.93. The van der Waals surface area contributed by atoms with Crippen molar-refractivity contribution in [1.82, 2.24) is 0 Å². The predicted molar refractivity (Wildman–Crippen MR) is 81.1 cm³/mol. The van der Waals surface area contributed by atoms with Crippen molar-refractivity contribution in [2.45, 2.75) is 0 Å². The van der Waals surface area contributed by atoms with Crippen LogP contribution in [-0.4, -0.2) is 22.9 Å². The lowest BCUT2D eigenvalue weighted by Crippen LogP contribution is -1.99. The van der Waals surface area contributed by atoms with Gasteiger partial charge in [-0.2, -0.15) is 0 Å². The molecule has 0 amide bonds. The lowest BCUT2D eigenvalue weighted by atomic mass is 10.1. The molecule has 0 bridgehead atoms. The van der Waals surface area contributed by atoms with Crippen molar-refractivity contribution < 1.29 is 19.6 Å². The minimum atomic E-state index is -0.509. The minimum Gasteiger partial charge on any atom is -0.507 e. The first kappa shape index (κ1) is 15.2. The van der Waals surface area contributed by atoms with E-state index in [0.717, 1.165) is 0 Å². The molecule has 112 valence electrons. The number of non-ortho nitro benzene ring substituents is 1. The second-order valence-corrected chi connectivity index (χ2v) is 4.40. The van der Waals surface area contributed by atoms with Gasteiger partial charge in [0.1, 0.15) is 17.1 Å².